The number of carbonyl (C=O) groups is 1. The van der Waals surface area contributed by atoms with Crippen molar-refractivity contribution >= 4 is 11.6 Å². The van der Waals surface area contributed by atoms with E-state index in [4.69, 9.17) is 5.73 Å². The highest BCUT2D eigenvalue weighted by molar-refractivity contribution is 5.88. The summed E-state index contributed by atoms with van der Waals surface area (Å²) < 4.78 is 0. The summed E-state index contributed by atoms with van der Waals surface area (Å²) in [6.07, 6.45) is 3.66. The Kier molecular flexibility index (Phi) is 5.56. The molecule has 0 radical (unpaired) electrons. The zero-order chi connectivity index (χ0) is 14.4. The minimum absolute atomic E-state index is 0.0234. The van der Waals surface area contributed by atoms with Gasteiger partial charge in [-0.05, 0) is 62.5 Å². The van der Waals surface area contributed by atoms with Crippen molar-refractivity contribution in [1.82, 2.24) is 4.90 Å². The lowest BCUT2D eigenvalue weighted by molar-refractivity contribution is -0.114. The number of hydrogen-bond acceptors (Lipinski definition) is 3. The smallest absolute Gasteiger partial charge is 0.221 e. The van der Waals surface area contributed by atoms with Crippen LogP contribution in [0.5, 0.6) is 0 Å². The number of benzene rings is 1. The largest absolute Gasteiger partial charge is 0.330 e. The zero-order valence-corrected chi connectivity index (χ0v) is 12.3. The molecule has 1 saturated heterocycles. The number of likely N-dealkylation sites (tertiary alicyclic amines) is 1. The molecule has 0 spiro atoms. The van der Waals surface area contributed by atoms with Gasteiger partial charge < -0.3 is 11.1 Å². The molecule has 1 aliphatic heterocycles. The predicted molar refractivity (Wildman–Crippen MR) is 82.4 cm³/mol. The van der Waals surface area contributed by atoms with Crippen molar-refractivity contribution < 1.29 is 4.79 Å². The van der Waals surface area contributed by atoms with Crippen molar-refractivity contribution in [2.75, 3.05) is 25.0 Å². The maximum Gasteiger partial charge on any atom is 0.221 e. The second-order valence-electron chi connectivity index (χ2n) is 5.68. The van der Waals surface area contributed by atoms with Crippen LogP contribution in [0, 0.1) is 5.92 Å². The molecule has 3 N–H and O–H groups in total. The van der Waals surface area contributed by atoms with Gasteiger partial charge in [0.1, 0.15) is 0 Å². The van der Waals surface area contributed by atoms with Crippen molar-refractivity contribution in [3.05, 3.63) is 29.8 Å². The van der Waals surface area contributed by atoms with E-state index in [1.807, 2.05) is 12.1 Å². The summed E-state index contributed by atoms with van der Waals surface area (Å²) in [5.41, 5.74) is 7.77. The predicted octanol–water partition coefficient (Wildman–Crippen LogP) is 2.21. The maximum atomic E-state index is 11.1. The quantitative estimate of drug-likeness (QED) is 0.866. The van der Waals surface area contributed by atoms with E-state index in [1.165, 1.54) is 25.3 Å². The van der Waals surface area contributed by atoms with Gasteiger partial charge >= 0.3 is 0 Å². The van der Waals surface area contributed by atoms with Crippen LogP contribution in [0.15, 0.2) is 24.3 Å². The second kappa shape index (κ2) is 7.41. The molecule has 0 saturated carbocycles. The lowest BCUT2D eigenvalue weighted by Crippen LogP contribution is -2.33. The number of rotatable bonds is 5. The molecule has 2 rings (SSSR count). The maximum absolute atomic E-state index is 11.1. The summed E-state index contributed by atoms with van der Waals surface area (Å²) >= 11 is 0. The SMILES string of the molecule is CC(=O)Nc1cccc(CN2CCC(CCN)CC2)c1. The van der Waals surface area contributed by atoms with Crippen LogP contribution in [-0.2, 0) is 11.3 Å². The van der Waals surface area contributed by atoms with Gasteiger partial charge in [0, 0.05) is 19.2 Å². The van der Waals surface area contributed by atoms with Crippen LogP contribution in [0.3, 0.4) is 0 Å². The molecule has 1 aliphatic rings. The van der Waals surface area contributed by atoms with Crippen LogP contribution in [0.2, 0.25) is 0 Å². The third-order valence-electron chi connectivity index (χ3n) is 3.94. The first-order chi connectivity index (χ1) is 9.67. The average molecular weight is 275 g/mol. The standard InChI is InChI=1S/C16H25N3O/c1-13(20)18-16-4-2-3-15(11-16)12-19-9-6-14(5-8-17)7-10-19/h2-4,11,14H,5-10,12,17H2,1H3,(H,18,20). The number of piperidine rings is 1. The zero-order valence-electron chi connectivity index (χ0n) is 12.3. The molecular weight excluding hydrogens is 250 g/mol. The van der Waals surface area contributed by atoms with Gasteiger partial charge in [-0.3, -0.25) is 9.69 Å². The highest BCUT2D eigenvalue weighted by Gasteiger charge is 2.18. The molecule has 0 aliphatic carbocycles. The van der Waals surface area contributed by atoms with E-state index < -0.39 is 0 Å². The van der Waals surface area contributed by atoms with Crippen LogP contribution in [0.4, 0.5) is 5.69 Å². The Bertz CT molecular complexity index is 439. The Hall–Kier alpha value is -1.39. The number of anilines is 1. The lowest BCUT2D eigenvalue weighted by atomic mass is 9.93. The molecule has 0 bridgehead atoms. The normalized spacial score (nSPS) is 17.1. The van der Waals surface area contributed by atoms with Crippen molar-refractivity contribution in [3.8, 4) is 0 Å². The van der Waals surface area contributed by atoms with Crippen molar-refractivity contribution in [3.63, 3.8) is 0 Å². The monoisotopic (exact) mass is 275 g/mol. The van der Waals surface area contributed by atoms with E-state index in [-0.39, 0.29) is 5.91 Å². The van der Waals surface area contributed by atoms with Gasteiger partial charge in [-0.25, -0.2) is 0 Å². The second-order valence-corrected chi connectivity index (χ2v) is 5.68. The molecule has 1 aromatic carbocycles. The van der Waals surface area contributed by atoms with Crippen molar-refractivity contribution in [2.24, 2.45) is 11.7 Å². The molecule has 1 fully saturated rings. The van der Waals surface area contributed by atoms with Gasteiger partial charge in [-0.1, -0.05) is 12.1 Å². The first-order valence-electron chi connectivity index (χ1n) is 7.46. The van der Waals surface area contributed by atoms with Gasteiger partial charge in [-0.15, -0.1) is 0 Å². The van der Waals surface area contributed by atoms with E-state index in [1.54, 1.807) is 0 Å². The third-order valence-corrected chi connectivity index (χ3v) is 3.94. The molecule has 20 heavy (non-hydrogen) atoms. The average Bonchev–Trinajstić information content (AvgIpc) is 2.41. The summed E-state index contributed by atoms with van der Waals surface area (Å²) in [7, 11) is 0. The minimum atomic E-state index is -0.0234. The highest BCUT2D eigenvalue weighted by atomic mass is 16.1. The molecule has 0 unspecified atom stereocenters. The Labute approximate surface area is 121 Å². The van der Waals surface area contributed by atoms with Crippen LogP contribution in [-0.4, -0.2) is 30.4 Å². The van der Waals surface area contributed by atoms with E-state index in [2.05, 4.69) is 22.3 Å². The Morgan fingerprint density at radius 1 is 1.40 bits per heavy atom. The molecule has 0 aromatic heterocycles. The summed E-state index contributed by atoms with van der Waals surface area (Å²) in [6.45, 7) is 5.60. The van der Waals surface area contributed by atoms with Crippen LogP contribution in [0.25, 0.3) is 0 Å². The van der Waals surface area contributed by atoms with Gasteiger partial charge in [0.2, 0.25) is 5.91 Å². The van der Waals surface area contributed by atoms with Crippen LogP contribution in [0.1, 0.15) is 31.7 Å². The Balaban J connectivity index is 1.86. The molecule has 4 heteroatoms. The van der Waals surface area contributed by atoms with Gasteiger partial charge in [0.25, 0.3) is 0 Å². The molecular formula is C16H25N3O. The van der Waals surface area contributed by atoms with Crippen LogP contribution >= 0.6 is 0 Å². The fourth-order valence-corrected chi connectivity index (χ4v) is 2.88. The summed E-state index contributed by atoms with van der Waals surface area (Å²) in [6, 6.07) is 8.12. The summed E-state index contributed by atoms with van der Waals surface area (Å²) in [5.74, 6) is 0.784. The minimum Gasteiger partial charge on any atom is -0.330 e. The molecule has 110 valence electrons. The first kappa shape index (κ1) is 15.0. The summed E-state index contributed by atoms with van der Waals surface area (Å²) in [5, 5.41) is 2.83. The van der Waals surface area contributed by atoms with E-state index in [9.17, 15) is 4.79 Å². The van der Waals surface area contributed by atoms with Crippen LogP contribution < -0.4 is 11.1 Å². The molecule has 1 amide bonds. The molecule has 4 nitrogen and oxygen atoms in total. The molecule has 1 heterocycles. The van der Waals surface area contributed by atoms with E-state index in [0.717, 1.165) is 44.2 Å². The fourth-order valence-electron chi connectivity index (χ4n) is 2.88. The molecule has 0 atom stereocenters. The molecule has 1 aromatic rings. The van der Waals surface area contributed by atoms with Gasteiger partial charge in [0.15, 0.2) is 0 Å². The topological polar surface area (TPSA) is 58.4 Å². The number of nitrogens with zero attached hydrogens (tertiary/aromatic N) is 1. The Morgan fingerprint density at radius 2 is 2.15 bits per heavy atom. The summed E-state index contributed by atoms with van der Waals surface area (Å²) in [4.78, 5) is 13.6. The number of hydrogen-bond donors (Lipinski definition) is 2. The number of nitrogens with two attached hydrogens (primary N) is 1. The van der Waals surface area contributed by atoms with E-state index >= 15 is 0 Å². The first-order valence-corrected chi connectivity index (χ1v) is 7.46. The van der Waals surface area contributed by atoms with Crippen molar-refractivity contribution in [1.29, 1.82) is 0 Å². The van der Waals surface area contributed by atoms with Crippen molar-refractivity contribution in [2.45, 2.75) is 32.7 Å². The number of amides is 1. The lowest BCUT2D eigenvalue weighted by Gasteiger charge is -2.31. The number of nitrogens with one attached hydrogen (secondary N) is 1. The number of carbonyl (C=O) groups excluding carboxylic acids is 1. The highest BCUT2D eigenvalue weighted by Crippen LogP contribution is 2.22. The Morgan fingerprint density at radius 3 is 2.80 bits per heavy atom. The van der Waals surface area contributed by atoms with Gasteiger partial charge in [-0.2, -0.15) is 0 Å². The van der Waals surface area contributed by atoms with E-state index in [0.29, 0.717) is 0 Å². The van der Waals surface area contributed by atoms with Gasteiger partial charge in [0.05, 0.1) is 0 Å². The third kappa shape index (κ3) is 4.62. The fraction of sp³-hybridized carbons (Fsp3) is 0.562.